The van der Waals surface area contributed by atoms with Crippen molar-refractivity contribution in [2.45, 2.75) is 65.5 Å². The molecule has 0 unspecified atom stereocenters. The molecule has 0 aromatic heterocycles. The SMILES string of the molecule is Cc1cccc(N2C(=O)/C(=C/c3ccc4c(c3)[C@H](C)CC(C)(C)N4C(C)C)C(=O)NC2=S)c1. The average molecular weight is 462 g/mol. The zero-order valence-corrected chi connectivity index (χ0v) is 20.9. The minimum Gasteiger partial charge on any atom is -0.364 e. The number of anilines is 2. The summed E-state index contributed by atoms with van der Waals surface area (Å²) in [7, 11) is 0. The molecule has 2 aromatic rings. The van der Waals surface area contributed by atoms with Crippen molar-refractivity contribution in [2.24, 2.45) is 0 Å². The molecule has 4 rings (SSSR count). The molecule has 1 N–H and O–H groups in total. The standard InChI is InChI=1S/C27H31N3O2S/c1-16(2)30-23-11-10-19(13-21(23)18(4)15-27(30,5)6)14-22-24(31)28-26(33)29(25(22)32)20-9-7-8-17(3)12-20/h7-14,16,18H,15H2,1-6H3,(H,28,31,33)/b22-14+/t18-/m1/s1. The second kappa shape index (κ2) is 8.41. The van der Waals surface area contributed by atoms with Crippen molar-refractivity contribution in [1.29, 1.82) is 0 Å². The molecule has 2 aliphatic heterocycles. The van der Waals surface area contributed by atoms with Gasteiger partial charge in [0.15, 0.2) is 5.11 Å². The van der Waals surface area contributed by atoms with Gasteiger partial charge in [0.25, 0.3) is 11.8 Å². The summed E-state index contributed by atoms with van der Waals surface area (Å²) in [5, 5.41) is 2.77. The molecule has 1 saturated heterocycles. The number of nitrogens with one attached hydrogen (secondary N) is 1. The Morgan fingerprint density at radius 1 is 1.15 bits per heavy atom. The summed E-state index contributed by atoms with van der Waals surface area (Å²) in [6.45, 7) is 13.2. The molecular formula is C27H31N3O2S. The van der Waals surface area contributed by atoms with Crippen LogP contribution in [0.3, 0.4) is 0 Å². The van der Waals surface area contributed by atoms with Crippen molar-refractivity contribution >= 4 is 46.6 Å². The second-order valence-electron chi connectivity index (χ2n) is 10.00. The van der Waals surface area contributed by atoms with Gasteiger partial charge in [-0.25, -0.2) is 0 Å². The summed E-state index contributed by atoms with van der Waals surface area (Å²) in [5.41, 5.74) is 5.08. The van der Waals surface area contributed by atoms with Gasteiger partial charge in [0, 0.05) is 17.3 Å². The second-order valence-corrected chi connectivity index (χ2v) is 10.4. The van der Waals surface area contributed by atoms with Crippen molar-refractivity contribution < 1.29 is 9.59 Å². The van der Waals surface area contributed by atoms with Crippen molar-refractivity contribution in [1.82, 2.24) is 5.32 Å². The molecule has 0 aliphatic carbocycles. The first-order chi connectivity index (χ1) is 15.5. The van der Waals surface area contributed by atoms with E-state index in [1.807, 2.05) is 37.3 Å². The van der Waals surface area contributed by atoms with E-state index in [2.05, 4.69) is 57.0 Å². The Bertz CT molecular complexity index is 1180. The zero-order chi connectivity index (χ0) is 24.1. The van der Waals surface area contributed by atoms with E-state index in [-0.39, 0.29) is 16.2 Å². The summed E-state index contributed by atoms with van der Waals surface area (Å²) >= 11 is 5.32. The van der Waals surface area contributed by atoms with Crippen LogP contribution < -0.4 is 15.1 Å². The summed E-state index contributed by atoms with van der Waals surface area (Å²) < 4.78 is 0. The van der Waals surface area contributed by atoms with E-state index in [1.165, 1.54) is 16.2 Å². The van der Waals surface area contributed by atoms with Crippen molar-refractivity contribution in [2.75, 3.05) is 9.80 Å². The molecule has 2 aliphatic rings. The lowest BCUT2D eigenvalue weighted by Crippen LogP contribution is -2.54. The number of fused-ring (bicyclic) bond motifs is 1. The van der Waals surface area contributed by atoms with Crippen LogP contribution >= 0.6 is 12.2 Å². The highest BCUT2D eigenvalue weighted by Gasteiger charge is 2.38. The molecule has 5 nitrogen and oxygen atoms in total. The first-order valence-corrected chi connectivity index (χ1v) is 11.8. The molecular weight excluding hydrogens is 430 g/mol. The first-order valence-electron chi connectivity index (χ1n) is 11.4. The number of hydrogen-bond acceptors (Lipinski definition) is 4. The Morgan fingerprint density at radius 3 is 2.55 bits per heavy atom. The van der Waals surface area contributed by atoms with Gasteiger partial charge in [-0.15, -0.1) is 0 Å². The smallest absolute Gasteiger partial charge is 0.270 e. The third-order valence-corrected chi connectivity index (χ3v) is 6.77. The molecule has 1 atom stereocenters. The quantitative estimate of drug-likeness (QED) is 0.382. The van der Waals surface area contributed by atoms with Gasteiger partial charge < -0.3 is 4.90 Å². The third-order valence-electron chi connectivity index (χ3n) is 6.49. The molecule has 0 saturated carbocycles. The van der Waals surface area contributed by atoms with Gasteiger partial charge in [0.05, 0.1) is 5.69 Å². The fraction of sp³-hybridized carbons (Fsp3) is 0.370. The Kier molecular flexibility index (Phi) is 5.91. The zero-order valence-electron chi connectivity index (χ0n) is 20.1. The fourth-order valence-corrected chi connectivity index (χ4v) is 5.64. The van der Waals surface area contributed by atoms with Crippen LogP contribution in [-0.4, -0.2) is 28.5 Å². The number of nitrogens with zero attached hydrogens (tertiary/aromatic N) is 2. The van der Waals surface area contributed by atoms with Crippen LogP contribution in [0.5, 0.6) is 0 Å². The van der Waals surface area contributed by atoms with E-state index < -0.39 is 11.8 Å². The van der Waals surface area contributed by atoms with Gasteiger partial charge >= 0.3 is 0 Å². The third kappa shape index (κ3) is 4.20. The van der Waals surface area contributed by atoms with E-state index in [1.54, 1.807) is 6.08 Å². The Balaban J connectivity index is 1.74. The van der Waals surface area contributed by atoms with Gasteiger partial charge in [-0.2, -0.15) is 0 Å². The van der Waals surface area contributed by atoms with Crippen LogP contribution in [0.4, 0.5) is 11.4 Å². The summed E-state index contributed by atoms with van der Waals surface area (Å²) in [6, 6.07) is 14.1. The van der Waals surface area contributed by atoms with Crippen molar-refractivity contribution in [3.05, 3.63) is 64.7 Å². The Hall–Kier alpha value is -2.99. The Morgan fingerprint density at radius 2 is 1.88 bits per heavy atom. The molecule has 2 heterocycles. The predicted molar refractivity (Wildman–Crippen MR) is 139 cm³/mol. The number of thiocarbonyl (C=S) groups is 1. The number of aryl methyl sites for hydroxylation is 1. The maximum absolute atomic E-state index is 13.3. The maximum atomic E-state index is 13.3. The van der Waals surface area contributed by atoms with Crippen molar-refractivity contribution in [3.8, 4) is 0 Å². The number of amides is 2. The Labute approximate surface area is 201 Å². The van der Waals surface area contributed by atoms with Crippen LogP contribution in [-0.2, 0) is 9.59 Å². The van der Waals surface area contributed by atoms with E-state index >= 15 is 0 Å². The molecule has 0 spiro atoms. The van der Waals surface area contributed by atoms with Crippen LogP contribution in [0.15, 0.2) is 48.0 Å². The maximum Gasteiger partial charge on any atom is 0.270 e. The van der Waals surface area contributed by atoms with Crippen LogP contribution in [0.1, 0.15) is 63.6 Å². The highest BCUT2D eigenvalue weighted by atomic mass is 32.1. The van der Waals surface area contributed by atoms with Crippen LogP contribution in [0.25, 0.3) is 6.08 Å². The normalized spacial score (nSPS) is 21.5. The minimum atomic E-state index is -0.468. The van der Waals surface area contributed by atoms with E-state index in [0.29, 0.717) is 17.6 Å². The molecule has 2 aromatic carbocycles. The lowest BCUT2D eigenvalue weighted by Gasteiger charge is -2.50. The van der Waals surface area contributed by atoms with Gasteiger partial charge in [-0.1, -0.05) is 25.1 Å². The average Bonchev–Trinajstić information content (AvgIpc) is 2.70. The largest absolute Gasteiger partial charge is 0.364 e. The summed E-state index contributed by atoms with van der Waals surface area (Å²) in [5.74, 6) is -0.509. The lowest BCUT2D eigenvalue weighted by atomic mass is 9.78. The fourth-order valence-electron chi connectivity index (χ4n) is 5.36. The number of benzene rings is 2. The molecule has 0 bridgehead atoms. The highest BCUT2D eigenvalue weighted by molar-refractivity contribution is 7.80. The molecule has 172 valence electrons. The molecule has 0 radical (unpaired) electrons. The van der Waals surface area contributed by atoms with E-state index in [9.17, 15) is 9.59 Å². The number of rotatable bonds is 3. The highest BCUT2D eigenvalue weighted by Crippen LogP contribution is 2.44. The summed E-state index contributed by atoms with van der Waals surface area (Å²) in [4.78, 5) is 29.9. The topological polar surface area (TPSA) is 52.7 Å². The number of hydrogen-bond donors (Lipinski definition) is 1. The summed E-state index contributed by atoms with van der Waals surface area (Å²) in [6.07, 6.45) is 2.71. The van der Waals surface area contributed by atoms with E-state index in [0.717, 1.165) is 17.5 Å². The monoisotopic (exact) mass is 461 g/mol. The van der Waals surface area contributed by atoms with Crippen LogP contribution in [0, 0.1) is 6.92 Å². The molecule has 1 fully saturated rings. The number of carbonyl (C=O) groups excluding carboxylic acids is 2. The lowest BCUT2D eigenvalue weighted by molar-refractivity contribution is -0.122. The molecule has 33 heavy (non-hydrogen) atoms. The minimum absolute atomic E-state index is 0.0593. The van der Waals surface area contributed by atoms with E-state index in [4.69, 9.17) is 12.2 Å². The van der Waals surface area contributed by atoms with Gasteiger partial charge in [-0.05, 0) is 106 Å². The van der Waals surface area contributed by atoms with Crippen molar-refractivity contribution in [3.63, 3.8) is 0 Å². The van der Waals surface area contributed by atoms with Gasteiger partial charge in [0.1, 0.15) is 5.57 Å². The van der Waals surface area contributed by atoms with Gasteiger partial charge in [0.2, 0.25) is 0 Å². The van der Waals surface area contributed by atoms with Crippen LogP contribution in [0.2, 0.25) is 0 Å². The number of carbonyl (C=O) groups is 2. The molecule has 2 amide bonds. The first kappa shape index (κ1) is 23.2. The van der Waals surface area contributed by atoms with Gasteiger partial charge in [-0.3, -0.25) is 19.8 Å². The predicted octanol–water partition coefficient (Wildman–Crippen LogP) is 5.33. The molecule has 6 heteroatoms.